The molecule has 0 aromatic heterocycles. The third-order valence-corrected chi connectivity index (χ3v) is 8.16. The molecule has 0 bridgehead atoms. The van der Waals surface area contributed by atoms with Crippen LogP contribution >= 0.6 is 0 Å². The maximum Gasteiger partial charge on any atom is 0.274 e. The van der Waals surface area contributed by atoms with E-state index in [2.05, 4.69) is 10.2 Å². The molecule has 9 nitrogen and oxygen atoms in total. The Hall–Kier alpha value is -3.59. The highest BCUT2D eigenvalue weighted by Gasteiger charge is 2.74. The molecule has 3 amide bonds. The topological polar surface area (TPSA) is 113 Å². The van der Waals surface area contributed by atoms with E-state index in [9.17, 15) is 24.5 Å². The summed E-state index contributed by atoms with van der Waals surface area (Å²) in [6.07, 6.45) is 1.55. The van der Waals surface area contributed by atoms with Crippen LogP contribution in [0.2, 0.25) is 0 Å². The maximum atomic E-state index is 14.1. The molecule has 0 saturated carbocycles. The molecule has 3 fully saturated rings. The molecule has 4 atom stereocenters. The van der Waals surface area contributed by atoms with Gasteiger partial charge in [0.15, 0.2) is 0 Å². The van der Waals surface area contributed by atoms with E-state index in [0.717, 1.165) is 34.4 Å². The highest BCUT2D eigenvalue weighted by atomic mass is 16.6. The minimum absolute atomic E-state index is 0.150. The largest absolute Gasteiger partial charge is 0.324 e. The number of benzene rings is 2. The molecule has 174 valence electrons. The summed E-state index contributed by atoms with van der Waals surface area (Å²) in [5.74, 6) is -2.67. The van der Waals surface area contributed by atoms with Crippen molar-refractivity contribution in [2.45, 2.75) is 45.2 Å². The maximum absolute atomic E-state index is 14.1. The molecule has 4 aliphatic rings. The van der Waals surface area contributed by atoms with Crippen molar-refractivity contribution in [1.29, 1.82) is 0 Å². The van der Waals surface area contributed by atoms with Gasteiger partial charge in [-0.15, -0.1) is 0 Å². The number of nitrogens with one attached hydrogen (secondary N) is 1. The summed E-state index contributed by atoms with van der Waals surface area (Å²) < 4.78 is 0. The van der Waals surface area contributed by atoms with Gasteiger partial charge in [-0.25, -0.2) is 4.90 Å². The number of anilines is 2. The van der Waals surface area contributed by atoms with Crippen molar-refractivity contribution in [3.8, 4) is 0 Å². The second-order valence-electron chi connectivity index (χ2n) is 9.82. The van der Waals surface area contributed by atoms with Crippen molar-refractivity contribution in [3.63, 3.8) is 0 Å². The molecular weight excluding hydrogens is 436 g/mol. The van der Waals surface area contributed by atoms with Crippen LogP contribution in [0.4, 0.5) is 17.1 Å². The minimum atomic E-state index is -1.26. The fourth-order valence-corrected chi connectivity index (χ4v) is 6.95. The predicted molar refractivity (Wildman–Crippen MR) is 123 cm³/mol. The first-order valence-corrected chi connectivity index (χ1v) is 11.5. The van der Waals surface area contributed by atoms with Crippen LogP contribution in [-0.4, -0.2) is 40.1 Å². The molecule has 0 radical (unpaired) electrons. The van der Waals surface area contributed by atoms with E-state index in [0.29, 0.717) is 12.2 Å². The van der Waals surface area contributed by atoms with E-state index in [1.807, 2.05) is 26.0 Å². The lowest BCUT2D eigenvalue weighted by molar-refractivity contribution is -0.385. The molecule has 9 heteroatoms. The highest BCUT2D eigenvalue weighted by molar-refractivity contribution is 6.26. The Kier molecular flexibility index (Phi) is 4.15. The van der Waals surface area contributed by atoms with Gasteiger partial charge in [-0.3, -0.25) is 29.4 Å². The van der Waals surface area contributed by atoms with Crippen molar-refractivity contribution < 1.29 is 19.3 Å². The van der Waals surface area contributed by atoms with Gasteiger partial charge in [0.1, 0.15) is 5.54 Å². The number of amides is 3. The standard InChI is InChI=1S/C25H24N4O5/c1-12-10-13(2)21-15(11-12)25(24(32)26-21)20-19(18-8-5-9-27(18)25)22(30)28(23(20)31)16-6-4-7-17(14(16)3)29(33)34/h4,6-7,10-11,18-20H,5,8-9H2,1-3H3,(H,26,32)/t18-,19+,20-,25+/m0/s1. The lowest BCUT2D eigenvalue weighted by Crippen LogP contribution is -2.54. The van der Waals surface area contributed by atoms with Gasteiger partial charge in [0.05, 0.1) is 28.0 Å². The van der Waals surface area contributed by atoms with Gasteiger partial charge in [-0.05, 0) is 51.8 Å². The number of rotatable bonds is 2. The highest BCUT2D eigenvalue weighted by Crippen LogP contribution is 2.61. The number of nitro groups is 1. The van der Waals surface area contributed by atoms with Crippen LogP contribution in [0.15, 0.2) is 30.3 Å². The number of nitrogens with zero attached hydrogens (tertiary/aromatic N) is 3. The summed E-state index contributed by atoms with van der Waals surface area (Å²) in [6.45, 7) is 6.06. The third-order valence-electron chi connectivity index (χ3n) is 8.16. The Morgan fingerprint density at radius 2 is 1.88 bits per heavy atom. The number of carbonyl (C=O) groups excluding carboxylic acids is 3. The summed E-state index contributed by atoms with van der Waals surface area (Å²) in [4.78, 5) is 55.9. The van der Waals surface area contributed by atoms with Crippen LogP contribution in [0.25, 0.3) is 0 Å². The van der Waals surface area contributed by atoms with Gasteiger partial charge in [0.25, 0.3) is 5.69 Å². The summed E-state index contributed by atoms with van der Waals surface area (Å²) in [6, 6.07) is 8.12. The van der Waals surface area contributed by atoms with Crippen LogP contribution in [0.5, 0.6) is 0 Å². The average molecular weight is 460 g/mol. The number of imide groups is 1. The predicted octanol–water partition coefficient (Wildman–Crippen LogP) is 2.95. The summed E-state index contributed by atoms with van der Waals surface area (Å²) in [5, 5.41) is 14.5. The third kappa shape index (κ3) is 2.30. The van der Waals surface area contributed by atoms with Gasteiger partial charge < -0.3 is 5.32 Å². The van der Waals surface area contributed by atoms with Crippen LogP contribution in [0.1, 0.15) is 35.1 Å². The quantitative estimate of drug-likeness (QED) is 0.419. The lowest BCUT2D eigenvalue weighted by Gasteiger charge is -2.37. The molecular formula is C25H24N4O5. The first-order chi connectivity index (χ1) is 16.2. The van der Waals surface area contributed by atoms with E-state index in [1.165, 1.54) is 12.1 Å². The molecule has 2 aromatic carbocycles. The van der Waals surface area contributed by atoms with E-state index >= 15 is 0 Å². The first kappa shape index (κ1) is 21.0. The summed E-state index contributed by atoms with van der Waals surface area (Å²) in [7, 11) is 0. The van der Waals surface area contributed by atoms with Crippen LogP contribution in [-0.2, 0) is 19.9 Å². The zero-order chi connectivity index (χ0) is 24.1. The monoisotopic (exact) mass is 460 g/mol. The van der Waals surface area contributed by atoms with Crippen LogP contribution in [0, 0.1) is 42.7 Å². The number of hydrogen-bond donors (Lipinski definition) is 1. The Balaban J connectivity index is 1.57. The zero-order valence-electron chi connectivity index (χ0n) is 19.1. The molecule has 4 heterocycles. The number of fused-ring (bicyclic) bond motifs is 7. The fourth-order valence-electron chi connectivity index (χ4n) is 6.95. The van der Waals surface area contributed by atoms with Gasteiger partial charge in [0.2, 0.25) is 17.7 Å². The zero-order valence-corrected chi connectivity index (χ0v) is 19.1. The van der Waals surface area contributed by atoms with E-state index in [1.54, 1.807) is 13.0 Å². The number of nitro benzene ring substituents is 1. The number of carbonyl (C=O) groups is 3. The molecule has 3 saturated heterocycles. The van der Waals surface area contributed by atoms with Crippen molar-refractivity contribution in [2.24, 2.45) is 11.8 Å². The van der Waals surface area contributed by atoms with Crippen molar-refractivity contribution in [1.82, 2.24) is 4.90 Å². The van der Waals surface area contributed by atoms with E-state index in [-0.39, 0.29) is 34.8 Å². The molecule has 0 unspecified atom stereocenters. The molecule has 34 heavy (non-hydrogen) atoms. The van der Waals surface area contributed by atoms with Gasteiger partial charge in [-0.2, -0.15) is 0 Å². The Morgan fingerprint density at radius 3 is 2.62 bits per heavy atom. The fraction of sp³-hybridized carbons (Fsp3) is 0.400. The number of hydrogen-bond acceptors (Lipinski definition) is 6. The molecule has 1 spiro atoms. The molecule has 1 N–H and O–H groups in total. The molecule has 2 aromatic rings. The summed E-state index contributed by atoms with van der Waals surface area (Å²) in [5.41, 5.74) is 2.44. The number of aryl methyl sites for hydroxylation is 2. The first-order valence-electron chi connectivity index (χ1n) is 11.5. The van der Waals surface area contributed by atoms with Crippen LogP contribution < -0.4 is 10.2 Å². The smallest absolute Gasteiger partial charge is 0.274 e. The summed E-state index contributed by atoms with van der Waals surface area (Å²) >= 11 is 0. The van der Waals surface area contributed by atoms with Gasteiger partial charge >= 0.3 is 0 Å². The van der Waals surface area contributed by atoms with Crippen molar-refractivity contribution in [2.75, 3.05) is 16.8 Å². The van der Waals surface area contributed by atoms with E-state index in [4.69, 9.17) is 0 Å². The Morgan fingerprint density at radius 1 is 1.12 bits per heavy atom. The Bertz CT molecular complexity index is 1340. The molecule has 6 rings (SSSR count). The van der Waals surface area contributed by atoms with Crippen LogP contribution in [0.3, 0.4) is 0 Å². The van der Waals surface area contributed by atoms with Gasteiger partial charge in [-0.1, -0.05) is 23.8 Å². The SMILES string of the molecule is Cc1cc(C)c2c(c1)[C@]1(C(=O)N2)[C@@H]2C(=O)N(c3cccc([N+](=O)[O-])c3C)C(=O)[C@@H]2[C@@H]2CCCN21. The van der Waals surface area contributed by atoms with E-state index < -0.39 is 28.2 Å². The second kappa shape index (κ2) is 6.73. The minimum Gasteiger partial charge on any atom is -0.324 e. The van der Waals surface area contributed by atoms with Crippen molar-refractivity contribution in [3.05, 3.63) is 62.7 Å². The average Bonchev–Trinajstić information content (AvgIpc) is 3.48. The van der Waals surface area contributed by atoms with Gasteiger partial charge in [0, 0.05) is 23.4 Å². The second-order valence-corrected chi connectivity index (χ2v) is 9.82. The van der Waals surface area contributed by atoms with Crippen molar-refractivity contribution >= 4 is 34.8 Å². The lowest BCUT2D eigenvalue weighted by atomic mass is 9.75. The molecule has 0 aliphatic carbocycles. The Labute approximate surface area is 195 Å². The normalized spacial score (nSPS) is 29.6. The molecule has 4 aliphatic heterocycles.